The average molecular weight is 432 g/mol. The molecule has 0 aliphatic heterocycles. The summed E-state index contributed by atoms with van der Waals surface area (Å²) in [5.41, 5.74) is -1.91. The molecule has 0 bridgehead atoms. The Labute approximate surface area is 168 Å². The summed E-state index contributed by atoms with van der Waals surface area (Å²) in [5, 5.41) is 23.1. The highest BCUT2D eigenvalue weighted by molar-refractivity contribution is 7.71. The third-order valence-electron chi connectivity index (χ3n) is 4.01. The molecule has 0 aliphatic rings. The van der Waals surface area contributed by atoms with Gasteiger partial charge in [0, 0.05) is 38.5 Å². The summed E-state index contributed by atoms with van der Waals surface area (Å²) < 4.78 is 40.4. The van der Waals surface area contributed by atoms with E-state index in [0.29, 0.717) is 36.2 Å². The molecule has 9 nitrogen and oxygen atoms in total. The number of H-pyrrole nitrogens is 1. The predicted molar refractivity (Wildman–Crippen MR) is 101 cm³/mol. The second-order valence-electron chi connectivity index (χ2n) is 5.95. The number of aromatic nitrogens is 3. The molecule has 0 radical (unpaired) electrons. The zero-order valence-corrected chi connectivity index (χ0v) is 16.2. The summed E-state index contributed by atoms with van der Waals surface area (Å²) in [7, 11) is 0. The minimum absolute atomic E-state index is 0.0151. The molecule has 2 rings (SSSR count). The summed E-state index contributed by atoms with van der Waals surface area (Å²) in [6.07, 6.45) is -4.23. The van der Waals surface area contributed by atoms with Gasteiger partial charge in [0.15, 0.2) is 4.77 Å². The van der Waals surface area contributed by atoms with Crippen LogP contribution in [0.25, 0.3) is 0 Å². The number of amides is 1. The van der Waals surface area contributed by atoms with Crippen molar-refractivity contribution in [1.82, 2.24) is 20.1 Å². The van der Waals surface area contributed by atoms with Gasteiger partial charge in [-0.05, 0) is 31.3 Å². The second kappa shape index (κ2) is 9.49. The number of alkyl halides is 3. The van der Waals surface area contributed by atoms with Crippen LogP contribution in [0.15, 0.2) is 18.2 Å². The van der Waals surface area contributed by atoms with E-state index in [0.717, 1.165) is 12.1 Å². The molecule has 0 saturated carbocycles. The van der Waals surface area contributed by atoms with Crippen LogP contribution in [0.4, 0.5) is 24.5 Å². The van der Waals surface area contributed by atoms with Crippen LogP contribution in [0, 0.1) is 14.9 Å². The van der Waals surface area contributed by atoms with Gasteiger partial charge in [0.2, 0.25) is 5.91 Å². The largest absolute Gasteiger partial charge is 0.416 e. The Morgan fingerprint density at radius 1 is 1.38 bits per heavy atom. The molecule has 158 valence electrons. The second-order valence-corrected chi connectivity index (χ2v) is 6.34. The first-order valence-corrected chi connectivity index (χ1v) is 9.04. The van der Waals surface area contributed by atoms with E-state index in [-0.39, 0.29) is 24.6 Å². The van der Waals surface area contributed by atoms with Gasteiger partial charge in [-0.15, -0.1) is 0 Å². The summed E-state index contributed by atoms with van der Waals surface area (Å²) in [6.45, 7) is 2.90. The topological polar surface area (TPSA) is 118 Å². The molecule has 0 atom stereocenters. The van der Waals surface area contributed by atoms with E-state index >= 15 is 0 Å². The van der Waals surface area contributed by atoms with Crippen LogP contribution >= 0.6 is 12.2 Å². The quantitative estimate of drug-likeness (QED) is 0.318. The summed E-state index contributed by atoms with van der Waals surface area (Å²) >= 11 is 5.07. The number of carbonyl (C=O) groups is 1. The highest BCUT2D eigenvalue weighted by Crippen LogP contribution is 2.34. The molecule has 1 heterocycles. The van der Waals surface area contributed by atoms with Gasteiger partial charge in [0.05, 0.1) is 10.5 Å². The number of nitrogens with zero attached hydrogens (tertiary/aromatic N) is 3. The molecular weight excluding hydrogens is 413 g/mol. The minimum Gasteiger partial charge on any atom is -0.379 e. The zero-order valence-electron chi connectivity index (χ0n) is 15.4. The lowest BCUT2D eigenvalue weighted by atomic mass is 10.1. The summed E-state index contributed by atoms with van der Waals surface area (Å²) in [5.74, 6) is 0.389. The number of hydrogen-bond acceptors (Lipinski definition) is 6. The van der Waals surface area contributed by atoms with Gasteiger partial charge in [0.25, 0.3) is 5.69 Å². The van der Waals surface area contributed by atoms with E-state index < -0.39 is 22.4 Å². The van der Waals surface area contributed by atoms with Gasteiger partial charge < -0.3 is 15.2 Å². The lowest BCUT2D eigenvalue weighted by molar-refractivity contribution is -0.384. The normalized spacial score (nSPS) is 11.3. The first-order chi connectivity index (χ1) is 13.6. The molecule has 3 N–H and O–H groups in total. The van der Waals surface area contributed by atoms with Crippen molar-refractivity contribution in [2.75, 3.05) is 18.4 Å². The van der Waals surface area contributed by atoms with Crippen molar-refractivity contribution in [3.8, 4) is 0 Å². The Morgan fingerprint density at radius 3 is 2.72 bits per heavy atom. The molecule has 29 heavy (non-hydrogen) atoms. The van der Waals surface area contributed by atoms with Crippen molar-refractivity contribution in [3.63, 3.8) is 0 Å². The maximum atomic E-state index is 12.7. The summed E-state index contributed by atoms with van der Waals surface area (Å²) in [6, 6.07) is 2.19. The van der Waals surface area contributed by atoms with Crippen LogP contribution in [0.3, 0.4) is 0 Å². The number of benzene rings is 1. The van der Waals surface area contributed by atoms with E-state index in [1.165, 1.54) is 0 Å². The van der Waals surface area contributed by atoms with Gasteiger partial charge in [0.1, 0.15) is 11.5 Å². The third-order valence-corrected chi connectivity index (χ3v) is 4.33. The first-order valence-electron chi connectivity index (χ1n) is 8.63. The van der Waals surface area contributed by atoms with Crippen LogP contribution in [-0.4, -0.2) is 38.7 Å². The Bertz CT molecular complexity index is 941. The number of halogens is 3. The Morgan fingerprint density at radius 2 is 2.10 bits per heavy atom. The molecule has 0 aliphatic carbocycles. The molecule has 0 saturated heterocycles. The molecule has 0 spiro atoms. The summed E-state index contributed by atoms with van der Waals surface area (Å²) in [4.78, 5) is 22.0. The van der Waals surface area contributed by atoms with Gasteiger partial charge in [-0.3, -0.25) is 20.0 Å². The van der Waals surface area contributed by atoms with Crippen LogP contribution in [0.2, 0.25) is 0 Å². The van der Waals surface area contributed by atoms with E-state index in [4.69, 9.17) is 12.2 Å². The zero-order chi connectivity index (χ0) is 21.6. The van der Waals surface area contributed by atoms with E-state index in [1.54, 1.807) is 4.57 Å². The maximum absolute atomic E-state index is 12.7. The van der Waals surface area contributed by atoms with Gasteiger partial charge in [-0.2, -0.15) is 18.3 Å². The monoisotopic (exact) mass is 432 g/mol. The van der Waals surface area contributed by atoms with Crippen molar-refractivity contribution >= 4 is 29.5 Å². The fourth-order valence-electron chi connectivity index (χ4n) is 2.59. The minimum atomic E-state index is -4.68. The molecule has 2 aromatic rings. The number of nitro groups is 1. The SMILES string of the molecule is CCn1c(CCNC(=O)CCNc2ccc(C(F)(F)F)cc2[N+](=O)[O-])n[nH]c1=S. The standard InChI is InChI=1S/C16H19F3N6O3S/c1-2-24-13(22-23-15(24)29)5-7-21-14(26)6-8-20-11-4-3-10(16(17,18)19)9-12(11)25(27)28/h3-4,9,20H,2,5-8H2,1H3,(H,21,26)(H,23,29). The fraction of sp³-hybridized carbons (Fsp3) is 0.438. The molecule has 0 unspecified atom stereocenters. The average Bonchev–Trinajstić information content (AvgIpc) is 3.00. The third kappa shape index (κ3) is 6.01. The fourth-order valence-corrected chi connectivity index (χ4v) is 2.87. The van der Waals surface area contributed by atoms with E-state index in [2.05, 4.69) is 20.8 Å². The Kier molecular flexibility index (Phi) is 7.31. The number of aromatic amines is 1. The maximum Gasteiger partial charge on any atom is 0.416 e. The number of nitro benzene ring substituents is 1. The Hall–Kier alpha value is -2.96. The van der Waals surface area contributed by atoms with Crippen LogP contribution in [-0.2, 0) is 23.9 Å². The number of hydrogen-bond donors (Lipinski definition) is 3. The predicted octanol–water partition coefficient (Wildman–Crippen LogP) is 3.05. The van der Waals surface area contributed by atoms with Crippen molar-refractivity contribution in [1.29, 1.82) is 0 Å². The van der Waals surface area contributed by atoms with Gasteiger partial charge >= 0.3 is 6.18 Å². The molecule has 1 amide bonds. The van der Waals surface area contributed by atoms with E-state index in [1.807, 2.05) is 6.92 Å². The molecular formula is C16H19F3N6O3S. The number of rotatable bonds is 9. The molecule has 1 aromatic heterocycles. The highest BCUT2D eigenvalue weighted by Gasteiger charge is 2.33. The lowest BCUT2D eigenvalue weighted by Crippen LogP contribution is -2.28. The molecule has 13 heteroatoms. The number of anilines is 1. The van der Waals surface area contributed by atoms with Crippen LogP contribution in [0.1, 0.15) is 24.7 Å². The highest BCUT2D eigenvalue weighted by atomic mass is 32.1. The number of nitrogens with one attached hydrogen (secondary N) is 3. The van der Waals surface area contributed by atoms with Crippen LogP contribution < -0.4 is 10.6 Å². The lowest BCUT2D eigenvalue weighted by Gasteiger charge is -2.11. The van der Waals surface area contributed by atoms with E-state index in [9.17, 15) is 28.1 Å². The van der Waals surface area contributed by atoms with Crippen LogP contribution in [0.5, 0.6) is 0 Å². The van der Waals surface area contributed by atoms with Crippen molar-refractivity contribution in [2.45, 2.75) is 32.5 Å². The molecule has 1 aromatic carbocycles. The number of carbonyl (C=O) groups excluding carboxylic acids is 1. The van der Waals surface area contributed by atoms with Crippen molar-refractivity contribution in [3.05, 3.63) is 44.5 Å². The Balaban J connectivity index is 1.85. The van der Waals surface area contributed by atoms with Gasteiger partial charge in [-0.1, -0.05) is 0 Å². The van der Waals surface area contributed by atoms with Crippen molar-refractivity contribution in [2.24, 2.45) is 0 Å². The van der Waals surface area contributed by atoms with Crippen molar-refractivity contribution < 1.29 is 22.9 Å². The first kappa shape index (κ1) is 22.3. The molecule has 0 fully saturated rings. The van der Waals surface area contributed by atoms with Gasteiger partial charge in [-0.25, -0.2) is 0 Å². The smallest absolute Gasteiger partial charge is 0.379 e.